The molecule has 2 amide bonds. The Morgan fingerprint density at radius 3 is 2.39 bits per heavy atom. The molecule has 1 aliphatic rings. The van der Waals surface area contributed by atoms with E-state index in [9.17, 15) is 9.59 Å². The largest absolute Gasteiger partial charge is 0.378 e. The van der Waals surface area contributed by atoms with Gasteiger partial charge in [-0.2, -0.15) is 4.98 Å². The quantitative estimate of drug-likeness (QED) is 0.647. The Hall–Kier alpha value is -3.68. The minimum absolute atomic E-state index is 0.0821. The number of benzene rings is 2. The molecule has 0 bridgehead atoms. The van der Waals surface area contributed by atoms with Crippen molar-refractivity contribution in [2.24, 2.45) is 0 Å². The van der Waals surface area contributed by atoms with Gasteiger partial charge in [0.05, 0.1) is 6.54 Å². The summed E-state index contributed by atoms with van der Waals surface area (Å²) in [5.41, 5.74) is 2.46. The number of aromatic nitrogens is 2. The van der Waals surface area contributed by atoms with Crippen LogP contribution in [0.1, 0.15) is 29.2 Å². The van der Waals surface area contributed by atoms with E-state index in [2.05, 4.69) is 10.1 Å². The second-order valence-electron chi connectivity index (χ2n) is 7.74. The molecule has 8 nitrogen and oxygen atoms in total. The van der Waals surface area contributed by atoms with Crippen LogP contribution in [0, 0.1) is 0 Å². The molecule has 2 heterocycles. The summed E-state index contributed by atoms with van der Waals surface area (Å²) in [5, 5.41) is 4.08. The standard InChI is InChI=1S/C23H25N5O3/c1-16(29)28-14-13-27(23(30)18-9-11-19(12-10-18)26(2)3)15-20(28)22-24-21(25-31-22)17-7-5-4-6-8-17/h4-12,20H,13-15H2,1-3H3. The van der Waals surface area contributed by atoms with Gasteiger partial charge in [0.25, 0.3) is 11.8 Å². The number of nitrogens with zero attached hydrogens (tertiary/aromatic N) is 5. The fraction of sp³-hybridized carbons (Fsp3) is 0.304. The molecule has 160 valence electrons. The fourth-order valence-electron chi connectivity index (χ4n) is 3.72. The smallest absolute Gasteiger partial charge is 0.254 e. The van der Waals surface area contributed by atoms with Gasteiger partial charge in [-0.15, -0.1) is 0 Å². The van der Waals surface area contributed by atoms with Crippen molar-refractivity contribution in [1.82, 2.24) is 19.9 Å². The Morgan fingerprint density at radius 2 is 1.74 bits per heavy atom. The molecular weight excluding hydrogens is 394 g/mol. The summed E-state index contributed by atoms with van der Waals surface area (Å²) in [4.78, 5) is 35.3. The number of carbonyl (C=O) groups is 2. The lowest BCUT2D eigenvalue weighted by Crippen LogP contribution is -2.52. The van der Waals surface area contributed by atoms with Crippen LogP contribution in [0.5, 0.6) is 0 Å². The average molecular weight is 419 g/mol. The van der Waals surface area contributed by atoms with Crippen molar-refractivity contribution < 1.29 is 14.1 Å². The number of hydrogen-bond acceptors (Lipinski definition) is 6. The number of piperazine rings is 1. The molecular formula is C23H25N5O3. The monoisotopic (exact) mass is 419 g/mol. The van der Waals surface area contributed by atoms with Crippen LogP contribution in [0.4, 0.5) is 5.69 Å². The molecule has 1 unspecified atom stereocenters. The summed E-state index contributed by atoms with van der Waals surface area (Å²) in [6, 6.07) is 16.5. The van der Waals surface area contributed by atoms with Crippen molar-refractivity contribution in [1.29, 1.82) is 0 Å². The van der Waals surface area contributed by atoms with Crippen LogP contribution in [-0.2, 0) is 4.79 Å². The Balaban J connectivity index is 1.57. The maximum atomic E-state index is 13.1. The molecule has 31 heavy (non-hydrogen) atoms. The molecule has 1 aromatic heterocycles. The van der Waals surface area contributed by atoms with Gasteiger partial charge in [0.2, 0.25) is 11.7 Å². The molecule has 2 aromatic carbocycles. The first-order chi connectivity index (χ1) is 14.9. The molecule has 4 rings (SSSR count). The van der Waals surface area contributed by atoms with E-state index >= 15 is 0 Å². The van der Waals surface area contributed by atoms with Crippen molar-refractivity contribution in [3.05, 3.63) is 66.1 Å². The number of carbonyl (C=O) groups excluding carboxylic acids is 2. The topological polar surface area (TPSA) is 82.8 Å². The third kappa shape index (κ3) is 4.28. The van der Waals surface area contributed by atoms with Crippen LogP contribution in [-0.4, -0.2) is 65.5 Å². The summed E-state index contributed by atoms with van der Waals surface area (Å²) in [6.07, 6.45) is 0. The maximum absolute atomic E-state index is 13.1. The van der Waals surface area contributed by atoms with Crippen LogP contribution >= 0.6 is 0 Å². The van der Waals surface area contributed by atoms with Gasteiger partial charge in [0.15, 0.2) is 0 Å². The van der Waals surface area contributed by atoms with E-state index in [1.54, 1.807) is 9.80 Å². The highest BCUT2D eigenvalue weighted by Crippen LogP contribution is 2.27. The zero-order valence-electron chi connectivity index (χ0n) is 17.9. The van der Waals surface area contributed by atoms with Crippen molar-refractivity contribution in [2.45, 2.75) is 13.0 Å². The van der Waals surface area contributed by atoms with Gasteiger partial charge in [-0.1, -0.05) is 35.5 Å². The minimum Gasteiger partial charge on any atom is -0.378 e. The molecule has 0 N–H and O–H groups in total. The van der Waals surface area contributed by atoms with Crippen molar-refractivity contribution >= 4 is 17.5 Å². The highest BCUT2D eigenvalue weighted by Gasteiger charge is 2.36. The zero-order chi connectivity index (χ0) is 22.0. The van der Waals surface area contributed by atoms with Gasteiger partial charge in [0.1, 0.15) is 6.04 Å². The average Bonchev–Trinajstić information content (AvgIpc) is 3.29. The van der Waals surface area contributed by atoms with Gasteiger partial charge in [-0.3, -0.25) is 9.59 Å². The Morgan fingerprint density at radius 1 is 1.03 bits per heavy atom. The van der Waals surface area contributed by atoms with Gasteiger partial charge in [0, 0.05) is 50.9 Å². The predicted octanol–water partition coefficient (Wildman–Crippen LogP) is 2.85. The second-order valence-corrected chi connectivity index (χ2v) is 7.74. The van der Waals surface area contributed by atoms with Crippen molar-refractivity contribution in [3.63, 3.8) is 0 Å². The summed E-state index contributed by atoms with van der Waals surface area (Å²) in [6.45, 7) is 2.66. The van der Waals surface area contributed by atoms with Crippen LogP contribution in [0.25, 0.3) is 11.4 Å². The molecule has 8 heteroatoms. The van der Waals surface area contributed by atoms with Crippen molar-refractivity contribution in [2.75, 3.05) is 38.6 Å². The number of amides is 2. The molecule has 1 atom stereocenters. The molecule has 0 aliphatic carbocycles. The number of rotatable bonds is 4. The van der Waals surface area contributed by atoms with E-state index in [1.807, 2.05) is 73.6 Å². The molecule has 0 radical (unpaired) electrons. The lowest BCUT2D eigenvalue weighted by atomic mass is 10.1. The van der Waals surface area contributed by atoms with Crippen LogP contribution in [0.2, 0.25) is 0 Å². The summed E-state index contributed by atoms with van der Waals surface area (Å²) in [7, 11) is 3.91. The van der Waals surface area contributed by atoms with E-state index in [1.165, 1.54) is 6.92 Å². The van der Waals surface area contributed by atoms with Gasteiger partial charge in [-0.25, -0.2) is 0 Å². The lowest BCUT2D eigenvalue weighted by molar-refractivity contribution is -0.134. The zero-order valence-corrected chi connectivity index (χ0v) is 17.9. The SMILES string of the molecule is CC(=O)N1CCN(C(=O)c2ccc(N(C)C)cc2)CC1c1nc(-c2ccccc2)no1. The first-order valence-corrected chi connectivity index (χ1v) is 10.2. The molecule has 0 spiro atoms. The molecule has 1 fully saturated rings. The molecule has 1 saturated heterocycles. The first-order valence-electron chi connectivity index (χ1n) is 10.2. The Labute approximate surface area is 181 Å². The highest BCUT2D eigenvalue weighted by atomic mass is 16.5. The molecule has 3 aromatic rings. The number of anilines is 1. The number of hydrogen-bond donors (Lipinski definition) is 0. The predicted molar refractivity (Wildman–Crippen MR) is 117 cm³/mol. The normalized spacial score (nSPS) is 16.3. The van der Waals surface area contributed by atoms with E-state index in [0.717, 1.165) is 11.3 Å². The first kappa shape index (κ1) is 20.6. The summed E-state index contributed by atoms with van der Waals surface area (Å²) in [5.74, 6) is 0.615. The molecule has 0 saturated carbocycles. The third-order valence-corrected chi connectivity index (χ3v) is 5.46. The van der Waals surface area contributed by atoms with Gasteiger partial charge >= 0.3 is 0 Å². The Kier molecular flexibility index (Phi) is 5.70. The van der Waals surface area contributed by atoms with Crippen LogP contribution in [0.3, 0.4) is 0 Å². The minimum atomic E-state index is -0.485. The van der Waals surface area contributed by atoms with Crippen LogP contribution in [0.15, 0.2) is 59.1 Å². The fourth-order valence-corrected chi connectivity index (χ4v) is 3.72. The summed E-state index contributed by atoms with van der Waals surface area (Å²) >= 11 is 0. The lowest BCUT2D eigenvalue weighted by Gasteiger charge is -2.39. The van der Waals surface area contributed by atoms with Gasteiger partial charge in [-0.05, 0) is 24.3 Å². The maximum Gasteiger partial charge on any atom is 0.254 e. The van der Waals surface area contributed by atoms with E-state index in [-0.39, 0.29) is 11.8 Å². The Bertz CT molecular complexity index is 1060. The summed E-state index contributed by atoms with van der Waals surface area (Å²) < 4.78 is 5.52. The van der Waals surface area contributed by atoms with E-state index in [4.69, 9.17) is 4.52 Å². The third-order valence-electron chi connectivity index (χ3n) is 5.46. The second kappa shape index (κ2) is 8.59. The van der Waals surface area contributed by atoms with Crippen molar-refractivity contribution in [3.8, 4) is 11.4 Å². The van der Waals surface area contributed by atoms with Crippen LogP contribution < -0.4 is 4.90 Å². The van der Waals surface area contributed by atoms with Gasteiger partial charge < -0.3 is 19.2 Å². The molecule has 1 aliphatic heterocycles. The highest BCUT2D eigenvalue weighted by molar-refractivity contribution is 5.94. The van der Waals surface area contributed by atoms with E-state index in [0.29, 0.717) is 36.9 Å². The van der Waals surface area contributed by atoms with E-state index < -0.39 is 6.04 Å².